The van der Waals surface area contributed by atoms with Gasteiger partial charge >= 0.3 is 0 Å². The molecule has 2 rings (SSSR count). The summed E-state index contributed by atoms with van der Waals surface area (Å²) in [5.41, 5.74) is 0.574. The van der Waals surface area contributed by atoms with Gasteiger partial charge in [-0.3, -0.25) is 4.79 Å². The second-order valence-corrected chi connectivity index (χ2v) is 5.82. The van der Waals surface area contributed by atoms with Crippen molar-refractivity contribution >= 4 is 28.8 Å². The third-order valence-corrected chi connectivity index (χ3v) is 4.13. The fourth-order valence-electron chi connectivity index (χ4n) is 2.37. The van der Waals surface area contributed by atoms with Crippen LogP contribution in [0, 0.1) is 6.92 Å². The highest BCUT2D eigenvalue weighted by Gasteiger charge is 2.27. The SMILES string of the molecule is Cc1nc(C(=O)N(CCCl)C2CCCC2)cs1. The van der Waals surface area contributed by atoms with Crippen LogP contribution in [0.3, 0.4) is 0 Å². The lowest BCUT2D eigenvalue weighted by Gasteiger charge is -2.27. The van der Waals surface area contributed by atoms with E-state index >= 15 is 0 Å². The van der Waals surface area contributed by atoms with Crippen molar-refractivity contribution < 1.29 is 4.79 Å². The van der Waals surface area contributed by atoms with Gasteiger partial charge in [0.15, 0.2) is 0 Å². The van der Waals surface area contributed by atoms with Gasteiger partial charge in [-0.1, -0.05) is 12.8 Å². The number of carbonyl (C=O) groups is 1. The maximum atomic E-state index is 12.3. The minimum atomic E-state index is 0.0434. The molecule has 0 unspecified atom stereocenters. The monoisotopic (exact) mass is 272 g/mol. The molecule has 1 aromatic rings. The van der Waals surface area contributed by atoms with E-state index in [0.717, 1.165) is 17.8 Å². The first kappa shape index (κ1) is 12.8. The Hall–Kier alpha value is -0.610. The summed E-state index contributed by atoms with van der Waals surface area (Å²) in [5, 5.41) is 2.78. The van der Waals surface area contributed by atoms with Gasteiger partial charge in [0, 0.05) is 23.8 Å². The second-order valence-electron chi connectivity index (χ2n) is 4.38. The van der Waals surface area contributed by atoms with Crippen LogP contribution in [0.4, 0.5) is 0 Å². The van der Waals surface area contributed by atoms with Crippen molar-refractivity contribution in [2.75, 3.05) is 12.4 Å². The van der Waals surface area contributed by atoms with E-state index < -0.39 is 0 Å². The molecule has 94 valence electrons. The van der Waals surface area contributed by atoms with Gasteiger partial charge in [-0.25, -0.2) is 4.98 Å². The summed E-state index contributed by atoms with van der Waals surface area (Å²) < 4.78 is 0. The Morgan fingerprint density at radius 3 is 2.82 bits per heavy atom. The van der Waals surface area contributed by atoms with E-state index in [4.69, 9.17) is 11.6 Å². The lowest BCUT2D eigenvalue weighted by molar-refractivity contribution is 0.0689. The number of thiazole rings is 1. The molecule has 1 heterocycles. The molecule has 3 nitrogen and oxygen atoms in total. The number of hydrogen-bond acceptors (Lipinski definition) is 3. The van der Waals surface area contributed by atoms with Gasteiger partial charge < -0.3 is 4.90 Å². The van der Waals surface area contributed by atoms with Gasteiger partial charge in [0.25, 0.3) is 5.91 Å². The van der Waals surface area contributed by atoms with Crippen molar-refractivity contribution in [2.24, 2.45) is 0 Å². The lowest BCUT2D eigenvalue weighted by Crippen LogP contribution is -2.40. The van der Waals surface area contributed by atoms with Crippen molar-refractivity contribution in [1.82, 2.24) is 9.88 Å². The first-order valence-corrected chi connectivity index (χ1v) is 7.43. The highest BCUT2D eigenvalue weighted by Crippen LogP contribution is 2.25. The molecule has 0 saturated heterocycles. The molecule has 0 radical (unpaired) electrons. The van der Waals surface area contributed by atoms with Crippen LogP contribution in [0.2, 0.25) is 0 Å². The number of halogens is 1. The zero-order valence-corrected chi connectivity index (χ0v) is 11.6. The third-order valence-electron chi connectivity index (χ3n) is 3.19. The topological polar surface area (TPSA) is 33.2 Å². The molecule has 0 atom stereocenters. The van der Waals surface area contributed by atoms with Gasteiger partial charge in [-0.05, 0) is 19.8 Å². The molecule has 1 aliphatic rings. The Morgan fingerprint density at radius 1 is 1.59 bits per heavy atom. The third kappa shape index (κ3) is 2.99. The minimum Gasteiger partial charge on any atom is -0.333 e. The van der Waals surface area contributed by atoms with Gasteiger partial charge in [0.2, 0.25) is 0 Å². The predicted molar refractivity (Wildman–Crippen MR) is 70.9 cm³/mol. The van der Waals surface area contributed by atoms with Gasteiger partial charge in [-0.2, -0.15) is 0 Å². The average molecular weight is 273 g/mol. The molecule has 1 amide bonds. The van der Waals surface area contributed by atoms with Crippen LogP contribution < -0.4 is 0 Å². The molecule has 5 heteroatoms. The Morgan fingerprint density at radius 2 is 2.29 bits per heavy atom. The number of aryl methyl sites for hydroxylation is 1. The number of amides is 1. The summed E-state index contributed by atoms with van der Waals surface area (Å²) in [5.74, 6) is 0.535. The molecule has 1 aliphatic carbocycles. The van der Waals surface area contributed by atoms with Crippen LogP contribution in [0.5, 0.6) is 0 Å². The summed E-state index contributed by atoms with van der Waals surface area (Å²) in [4.78, 5) is 18.5. The molecule has 1 fully saturated rings. The largest absolute Gasteiger partial charge is 0.333 e. The highest BCUT2D eigenvalue weighted by molar-refractivity contribution is 7.09. The maximum Gasteiger partial charge on any atom is 0.273 e. The smallest absolute Gasteiger partial charge is 0.273 e. The second kappa shape index (κ2) is 5.83. The summed E-state index contributed by atoms with van der Waals surface area (Å²) in [6.07, 6.45) is 4.64. The standard InChI is InChI=1S/C12H17ClN2OS/c1-9-14-11(8-17-9)12(16)15(7-6-13)10-4-2-3-5-10/h8,10H,2-7H2,1H3. The number of rotatable bonds is 4. The van der Waals surface area contributed by atoms with Crippen molar-refractivity contribution in [2.45, 2.75) is 38.6 Å². The van der Waals surface area contributed by atoms with E-state index in [1.807, 2.05) is 17.2 Å². The van der Waals surface area contributed by atoms with Crippen LogP contribution >= 0.6 is 22.9 Å². The lowest BCUT2D eigenvalue weighted by atomic mass is 10.2. The Kier molecular flexibility index (Phi) is 4.40. The fourth-order valence-corrected chi connectivity index (χ4v) is 3.13. The van der Waals surface area contributed by atoms with Gasteiger partial charge in [-0.15, -0.1) is 22.9 Å². The first-order valence-electron chi connectivity index (χ1n) is 6.01. The Labute approximate surface area is 111 Å². The molecule has 0 N–H and O–H groups in total. The molecule has 17 heavy (non-hydrogen) atoms. The van der Waals surface area contributed by atoms with Crippen molar-refractivity contribution in [3.8, 4) is 0 Å². The van der Waals surface area contributed by atoms with Crippen molar-refractivity contribution in [1.29, 1.82) is 0 Å². The van der Waals surface area contributed by atoms with Crippen molar-refractivity contribution in [3.05, 3.63) is 16.1 Å². The minimum absolute atomic E-state index is 0.0434. The van der Waals surface area contributed by atoms with E-state index in [2.05, 4.69) is 4.98 Å². The van der Waals surface area contributed by atoms with E-state index in [1.165, 1.54) is 24.2 Å². The Balaban J connectivity index is 2.12. The molecule has 0 bridgehead atoms. The number of aromatic nitrogens is 1. The number of alkyl halides is 1. The summed E-state index contributed by atoms with van der Waals surface area (Å²) >= 11 is 7.32. The van der Waals surface area contributed by atoms with Crippen LogP contribution in [0.1, 0.15) is 41.2 Å². The zero-order chi connectivity index (χ0) is 12.3. The quantitative estimate of drug-likeness (QED) is 0.789. The number of nitrogens with zero attached hydrogens (tertiary/aromatic N) is 2. The Bertz CT molecular complexity index is 388. The first-order chi connectivity index (χ1) is 8.22. The van der Waals surface area contributed by atoms with Crippen molar-refractivity contribution in [3.63, 3.8) is 0 Å². The molecular weight excluding hydrogens is 256 g/mol. The zero-order valence-electron chi connectivity index (χ0n) is 9.99. The molecule has 0 spiro atoms. The van der Waals surface area contributed by atoms with Crippen LogP contribution in [0.25, 0.3) is 0 Å². The van der Waals surface area contributed by atoms with Gasteiger partial charge in [0.1, 0.15) is 5.69 Å². The summed E-state index contributed by atoms with van der Waals surface area (Å²) in [7, 11) is 0. The molecule has 0 aliphatic heterocycles. The maximum absolute atomic E-state index is 12.3. The number of carbonyl (C=O) groups excluding carboxylic acids is 1. The average Bonchev–Trinajstić information content (AvgIpc) is 2.95. The molecular formula is C12H17ClN2OS. The van der Waals surface area contributed by atoms with E-state index in [9.17, 15) is 4.79 Å². The van der Waals surface area contributed by atoms with E-state index in [-0.39, 0.29) is 5.91 Å². The predicted octanol–water partition coefficient (Wildman–Crippen LogP) is 3.08. The van der Waals surface area contributed by atoms with Gasteiger partial charge in [0.05, 0.1) is 5.01 Å². The van der Waals surface area contributed by atoms with E-state index in [1.54, 1.807) is 0 Å². The highest BCUT2D eigenvalue weighted by atomic mass is 35.5. The molecule has 1 saturated carbocycles. The van der Waals surface area contributed by atoms with Crippen LogP contribution in [-0.2, 0) is 0 Å². The number of hydrogen-bond donors (Lipinski definition) is 0. The summed E-state index contributed by atoms with van der Waals surface area (Å²) in [6, 6.07) is 0.364. The van der Waals surface area contributed by atoms with Crippen LogP contribution in [0.15, 0.2) is 5.38 Å². The fraction of sp³-hybridized carbons (Fsp3) is 0.667. The van der Waals surface area contributed by atoms with Crippen LogP contribution in [-0.4, -0.2) is 34.3 Å². The molecule has 1 aromatic heterocycles. The van der Waals surface area contributed by atoms with E-state index in [0.29, 0.717) is 24.2 Å². The normalized spacial score (nSPS) is 16.4. The summed E-state index contributed by atoms with van der Waals surface area (Å²) in [6.45, 7) is 2.55. The molecule has 0 aromatic carbocycles.